The van der Waals surface area contributed by atoms with Crippen molar-refractivity contribution in [3.05, 3.63) is 39.6 Å². The molecule has 0 saturated carbocycles. The van der Waals surface area contributed by atoms with E-state index in [0.29, 0.717) is 42.6 Å². The average Bonchev–Trinajstić information content (AvgIpc) is 2.97. The zero-order valence-electron chi connectivity index (χ0n) is 13.4. The van der Waals surface area contributed by atoms with Gasteiger partial charge < -0.3 is 19.1 Å². The van der Waals surface area contributed by atoms with Crippen molar-refractivity contribution >= 4 is 17.2 Å². The van der Waals surface area contributed by atoms with Crippen molar-refractivity contribution in [2.75, 3.05) is 27.4 Å². The SMILES string of the molecule is COc1cc(C(=O)N(C)Cc2sccc2C)cc2c1OCCO2. The summed E-state index contributed by atoms with van der Waals surface area (Å²) in [5.74, 6) is 1.56. The van der Waals surface area contributed by atoms with E-state index in [0.717, 1.165) is 0 Å². The fraction of sp³-hybridized carbons (Fsp3) is 0.353. The highest BCUT2D eigenvalue weighted by molar-refractivity contribution is 7.10. The summed E-state index contributed by atoms with van der Waals surface area (Å²) >= 11 is 1.66. The Balaban J connectivity index is 1.85. The second-order valence-corrected chi connectivity index (χ2v) is 6.39. The van der Waals surface area contributed by atoms with Gasteiger partial charge in [-0.2, -0.15) is 0 Å². The van der Waals surface area contributed by atoms with Gasteiger partial charge in [0.2, 0.25) is 5.75 Å². The smallest absolute Gasteiger partial charge is 0.254 e. The highest BCUT2D eigenvalue weighted by Crippen LogP contribution is 2.40. The van der Waals surface area contributed by atoms with Crippen molar-refractivity contribution in [1.29, 1.82) is 0 Å². The number of hydrogen-bond acceptors (Lipinski definition) is 5. The summed E-state index contributed by atoms with van der Waals surface area (Å²) < 4.78 is 16.5. The largest absolute Gasteiger partial charge is 0.493 e. The van der Waals surface area contributed by atoms with E-state index in [1.54, 1.807) is 42.5 Å². The van der Waals surface area contributed by atoms with Gasteiger partial charge in [-0.25, -0.2) is 0 Å². The van der Waals surface area contributed by atoms with E-state index < -0.39 is 0 Å². The minimum atomic E-state index is -0.0759. The first-order valence-electron chi connectivity index (χ1n) is 7.36. The van der Waals surface area contributed by atoms with Crippen molar-refractivity contribution in [1.82, 2.24) is 4.90 Å². The van der Waals surface area contributed by atoms with Crippen LogP contribution >= 0.6 is 11.3 Å². The van der Waals surface area contributed by atoms with Crippen molar-refractivity contribution in [3.8, 4) is 17.2 Å². The first kappa shape index (κ1) is 15.7. The normalized spacial score (nSPS) is 12.8. The summed E-state index contributed by atoms with van der Waals surface area (Å²) in [7, 11) is 3.35. The molecule has 0 spiro atoms. The van der Waals surface area contributed by atoms with Crippen LogP contribution < -0.4 is 14.2 Å². The van der Waals surface area contributed by atoms with Crippen LogP contribution in [0.3, 0.4) is 0 Å². The number of benzene rings is 1. The molecule has 2 heterocycles. The second kappa shape index (κ2) is 6.50. The number of aryl methyl sites for hydroxylation is 1. The van der Waals surface area contributed by atoms with E-state index in [4.69, 9.17) is 14.2 Å². The van der Waals surface area contributed by atoms with E-state index in [1.807, 2.05) is 5.38 Å². The Morgan fingerprint density at radius 2 is 2.13 bits per heavy atom. The summed E-state index contributed by atoms with van der Waals surface area (Å²) in [6.07, 6.45) is 0. The van der Waals surface area contributed by atoms with Crippen LogP contribution in [0, 0.1) is 6.92 Å². The Bertz CT molecular complexity index is 708. The third kappa shape index (κ3) is 3.12. The molecule has 0 unspecified atom stereocenters. The molecule has 0 N–H and O–H groups in total. The van der Waals surface area contributed by atoms with Gasteiger partial charge in [0.25, 0.3) is 5.91 Å². The van der Waals surface area contributed by atoms with Gasteiger partial charge in [0.1, 0.15) is 13.2 Å². The van der Waals surface area contributed by atoms with E-state index >= 15 is 0 Å². The van der Waals surface area contributed by atoms with Gasteiger partial charge in [0, 0.05) is 17.5 Å². The lowest BCUT2D eigenvalue weighted by molar-refractivity contribution is 0.0784. The molecule has 0 aliphatic carbocycles. The molecule has 1 aromatic heterocycles. The summed E-state index contributed by atoms with van der Waals surface area (Å²) in [5, 5.41) is 2.04. The first-order valence-corrected chi connectivity index (χ1v) is 8.24. The Kier molecular flexibility index (Phi) is 4.43. The Labute approximate surface area is 139 Å². The molecule has 0 atom stereocenters. The first-order chi connectivity index (χ1) is 11.1. The maximum atomic E-state index is 12.7. The number of hydrogen-bond donors (Lipinski definition) is 0. The lowest BCUT2D eigenvalue weighted by Crippen LogP contribution is -2.26. The van der Waals surface area contributed by atoms with Gasteiger partial charge in [-0.1, -0.05) is 0 Å². The van der Waals surface area contributed by atoms with Crippen molar-refractivity contribution in [2.24, 2.45) is 0 Å². The molecular formula is C17H19NO4S. The number of rotatable bonds is 4. The minimum Gasteiger partial charge on any atom is -0.493 e. The number of thiophene rings is 1. The highest BCUT2D eigenvalue weighted by Gasteiger charge is 2.22. The maximum Gasteiger partial charge on any atom is 0.254 e. The van der Waals surface area contributed by atoms with Crippen LogP contribution in [-0.2, 0) is 6.54 Å². The van der Waals surface area contributed by atoms with Crippen molar-refractivity contribution in [3.63, 3.8) is 0 Å². The topological polar surface area (TPSA) is 48.0 Å². The number of methoxy groups -OCH3 is 1. The fourth-order valence-electron chi connectivity index (χ4n) is 2.47. The van der Waals surface area contributed by atoms with Crippen LogP contribution in [0.2, 0.25) is 0 Å². The Morgan fingerprint density at radius 1 is 1.35 bits per heavy atom. The standard InChI is InChI=1S/C17H19NO4S/c1-11-4-7-23-15(11)10-18(2)17(19)12-8-13(20-3)16-14(9-12)21-5-6-22-16/h4,7-9H,5-6,10H2,1-3H3. The maximum absolute atomic E-state index is 12.7. The van der Waals surface area contributed by atoms with Gasteiger partial charge in [-0.3, -0.25) is 4.79 Å². The quantitative estimate of drug-likeness (QED) is 0.862. The predicted octanol–water partition coefficient (Wildman–Crippen LogP) is 3.11. The molecule has 6 heteroatoms. The molecule has 122 valence electrons. The molecule has 0 saturated heterocycles. The second-order valence-electron chi connectivity index (χ2n) is 5.39. The molecule has 1 amide bonds. The van der Waals surface area contributed by atoms with Crippen LogP contribution in [0.15, 0.2) is 23.6 Å². The Hall–Kier alpha value is -2.21. The third-order valence-corrected chi connectivity index (χ3v) is 4.78. The van der Waals surface area contributed by atoms with Crippen LogP contribution in [0.4, 0.5) is 0 Å². The Morgan fingerprint density at radius 3 is 2.83 bits per heavy atom. The molecule has 23 heavy (non-hydrogen) atoms. The number of amides is 1. The van der Waals surface area contributed by atoms with E-state index in [2.05, 4.69) is 13.0 Å². The zero-order valence-corrected chi connectivity index (χ0v) is 14.2. The molecule has 2 aromatic rings. The summed E-state index contributed by atoms with van der Waals surface area (Å²) in [6.45, 7) is 3.59. The molecule has 1 aromatic carbocycles. The van der Waals surface area contributed by atoms with Gasteiger partial charge in [-0.15, -0.1) is 11.3 Å². The van der Waals surface area contributed by atoms with Gasteiger partial charge in [-0.05, 0) is 36.1 Å². The number of nitrogens with zero attached hydrogens (tertiary/aromatic N) is 1. The number of carbonyl (C=O) groups is 1. The monoisotopic (exact) mass is 333 g/mol. The van der Waals surface area contributed by atoms with Gasteiger partial charge in [0.05, 0.1) is 13.7 Å². The lowest BCUT2D eigenvalue weighted by Gasteiger charge is -2.23. The molecule has 1 aliphatic rings. The predicted molar refractivity (Wildman–Crippen MR) is 88.8 cm³/mol. The molecular weight excluding hydrogens is 314 g/mol. The van der Waals surface area contributed by atoms with Crippen molar-refractivity contribution in [2.45, 2.75) is 13.5 Å². The van der Waals surface area contributed by atoms with E-state index in [-0.39, 0.29) is 5.91 Å². The summed E-state index contributed by atoms with van der Waals surface area (Å²) in [5.41, 5.74) is 1.73. The average molecular weight is 333 g/mol. The summed E-state index contributed by atoms with van der Waals surface area (Å²) in [6, 6.07) is 5.48. The van der Waals surface area contributed by atoms with Gasteiger partial charge in [0.15, 0.2) is 11.5 Å². The molecule has 0 radical (unpaired) electrons. The highest BCUT2D eigenvalue weighted by atomic mass is 32.1. The molecule has 0 fully saturated rings. The molecule has 1 aliphatic heterocycles. The van der Waals surface area contributed by atoms with Crippen LogP contribution in [0.5, 0.6) is 17.2 Å². The van der Waals surface area contributed by atoms with E-state index in [1.165, 1.54) is 10.4 Å². The third-order valence-electron chi connectivity index (χ3n) is 3.77. The lowest BCUT2D eigenvalue weighted by atomic mass is 10.1. The van der Waals surface area contributed by atoms with Crippen molar-refractivity contribution < 1.29 is 19.0 Å². The number of ether oxygens (including phenoxy) is 3. The summed E-state index contributed by atoms with van der Waals surface area (Å²) in [4.78, 5) is 15.6. The molecule has 5 nitrogen and oxygen atoms in total. The van der Waals surface area contributed by atoms with E-state index in [9.17, 15) is 4.79 Å². The minimum absolute atomic E-state index is 0.0759. The van der Waals surface area contributed by atoms with Crippen LogP contribution in [0.25, 0.3) is 0 Å². The van der Waals surface area contributed by atoms with Crippen LogP contribution in [0.1, 0.15) is 20.8 Å². The molecule has 0 bridgehead atoms. The van der Waals surface area contributed by atoms with Crippen LogP contribution in [-0.4, -0.2) is 38.2 Å². The van der Waals surface area contributed by atoms with Gasteiger partial charge >= 0.3 is 0 Å². The fourth-order valence-corrected chi connectivity index (χ4v) is 3.43. The molecule has 3 rings (SSSR count). The number of carbonyl (C=O) groups excluding carboxylic acids is 1. The number of fused-ring (bicyclic) bond motifs is 1. The zero-order chi connectivity index (χ0) is 16.4.